The Labute approximate surface area is 72.6 Å². The van der Waals surface area contributed by atoms with Gasteiger partial charge in [0, 0.05) is 5.57 Å². The topological polar surface area (TPSA) is 37.3 Å². The number of carboxylic acid groups (broad SMARTS) is 1. The van der Waals surface area contributed by atoms with Gasteiger partial charge in [-0.05, 0) is 32.1 Å². The van der Waals surface area contributed by atoms with E-state index < -0.39 is 5.97 Å². The molecule has 2 nitrogen and oxygen atoms in total. The van der Waals surface area contributed by atoms with E-state index >= 15 is 0 Å². The summed E-state index contributed by atoms with van der Waals surface area (Å²) >= 11 is 0. The maximum absolute atomic E-state index is 10.5. The molecule has 1 atom stereocenters. The molecule has 1 rings (SSSR count). The number of aliphatic carboxylic acids is 1. The molecule has 0 bridgehead atoms. The number of hydrogen-bond acceptors (Lipinski definition) is 1. The Morgan fingerprint density at radius 1 is 1.75 bits per heavy atom. The minimum absolute atomic E-state index is 0.494. The van der Waals surface area contributed by atoms with Gasteiger partial charge in [-0.3, -0.25) is 0 Å². The zero-order valence-electron chi connectivity index (χ0n) is 7.34. The lowest BCUT2D eigenvalue weighted by Crippen LogP contribution is -2.11. The first-order chi connectivity index (χ1) is 5.61. The third-order valence-corrected chi connectivity index (χ3v) is 2.38. The van der Waals surface area contributed by atoms with Crippen molar-refractivity contribution in [2.45, 2.75) is 26.2 Å². The van der Waals surface area contributed by atoms with Crippen molar-refractivity contribution >= 4 is 5.97 Å². The number of allylic oxidation sites excluding steroid dienone is 2. The Bertz CT molecular complexity index is 238. The zero-order valence-corrected chi connectivity index (χ0v) is 7.34. The second kappa shape index (κ2) is 3.57. The van der Waals surface area contributed by atoms with Gasteiger partial charge in [0.15, 0.2) is 0 Å². The molecule has 0 aromatic carbocycles. The minimum Gasteiger partial charge on any atom is -0.478 e. The van der Waals surface area contributed by atoms with E-state index in [1.807, 2.05) is 13.0 Å². The van der Waals surface area contributed by atoms with E-state index in [0.717, 1.165) is 18.4 Å². The molecular weight excluding hydrogens is 153 g/mol. The van der Waals surface area contributed by atoms with Gasteiger partial charge >= 0.3 is 5.97 Å². The van der Waals surface area contributed by atoms with Crippen LogP contribution in [-0.4, -0.2) is 11.1 Å². The molecule has 0 saturated heterocycles. The summed E-state index contributed by atoms with van der Waals surface area (Å²) in [6.07, 6.45) is 4.29. The van der Waals surface area contributed by atoms with E-state index in [-0.39, 0.29) is 0 Å². The van der Waals surface area contributed by atoms with Gasteiger partial charge < -0.3 is 5.11 Å². The molecule has 0 aromatic heterocycles. The van der Waals surface area contributed by atoms with Crippen LogP contribution >= 0.6 is 0 Å². The van der Waals surface area contributed by atoms with Gasteiger partial charge in [0.25, 0.3) is 0 Å². The molecule has 0 heterocycles. The molecule has 0 radical (unpaired) electrons. The molecule has 0 unspecified atom stereocenters. The lowest BCUT2D eigenvalue weighted by atomic mass is 9.87. The summed E-state index contributed by atoms with van der Waals surface area (Å²) in [4.78, 5) is 10.5. The van der Waals surface area contributed by atoms with E-state index in [0.29, 0.717) is 17.9 Å². The van der Waals surface area contributed by atoms with Crippen molar-refractivity contribution in [3.05, 3.63) is 23.8 Å². The summed E-state index contributed by atoms with van der Waals surface area (Å²) in [6.45, 7) is 5.88. The van der Waals surface area contributed by atoms with E-state index in [4.69, 9.17) is 5.11 Å². The highest BCUT2D eigenvalue weighted by Gasteiger charge is 2.17. The first-order valence-electron chi connectivity index (χ1n) is 4.19. The molecule has 0 aromatic rings. The Morgan fingerprint density at radius 3 is 2.75 bits per heavy atom. The largest absolute Gasteiger partial charge is 0.478 e. The van der Waals surface area contributed by atoms with Crippen LogP contribution in [0.2, 0.25) is 0 Å². The molecule has 0 spiro atoms. The van der Waals surface area contributed by atoms with Gasteiger partial charge in [-0.1, -0.05) is 18.2 Å². The van der Waals surface area contributed by atoms with E-state index in [1.165, 1.54) is 0 Å². The zero-order chi connectivity index (χ0) is 9.14. The maximum Gasteiger partial charge on any atom is 0.331 e. The molecule has 2 heteroatoms. The van der Waals surface area contributed by atoms with Gasteiger partial charge in [-0.25, -0.2) is 4.79 Å². The van der Waals surface area contributed by atoms with Crippen molar-refractivity contribution in [1.82, 2.24) is 0 Å². The summed E-state index contributed by atoms with van der Waals surface area (Å²) in [5.41, 5.74) is 1.73. The number of rotatable bonds is 2. The van der Waals surface area contributed by atoms with E-state index in [2.05, 4.69) is 6.58 Å². The molecule has 1 aliphatic carbocycles. The van der Waals surface area contributed by atoms with Crippen LogP contribution in [0.15, 0.2) is 23.8 Å². The highest BCUT2D eigenvalue weighted by atomic mass is 16.5. The Morgan fingerprint density at radius 2 is 2.42 bits per heavy atom. The van der Waals surface area contributed by atoms with E-state index in [9.17, 15) is 4.79 Å². The van der Waals surface area contributed by atoms with Crippen molar-refractivity contribution in [3.8, 4) is 0 Å². The van der Waals surface area contributed by atoms with Gasteiger partial charge in [-0.2, -0.15) is 0 Å². The fraction of sp³-hybridized carbons (Fsp3) is 0.500. The number of carboxylic acids is 1. The first-order valence-corrected chi connectivity index (χ1v) is 4.19. The molecule has 0 aliphatic heterocycles. The maximum atomic E-state index is 10.5. The summed E-state index contributed by atoms with van der Waals surface area (Å²) in [5, 5.41) is 8.67. The highest BCUT2D eigenvalue weighted by Crippen LogP contribution is 2.27. The quantitative estimate of drug-likeness (QED) is 0.506. The second-order valence-electron chi connectivity index (χ2n) is 3.35. The van der Waals surface area contributed by atoms with Crippen LogP contribution in [0.4, 0.5) is 0 Å². The lowest BCUT2D eigenvalue weighted by molar-refractivity contribution is -0.132. The molecule has 0 saturated carbocycles. The van der Waals surface area contributed by atoms with Crippen molar-refractivity contribution in [1.29, 1.82) is 0 Å². The van der Waals surface area contributed by atoms with Crippen molar-refractivity contribution < 1.29 is 9.90 Å². The Kier molecular flexibility index (Phi) is 2.69. The van der Waals surface area contributed by atoms with Gasteiger partial charge in [0.1, 0.15) is 0 Å². The molecule has 0 fully saturated rings. The third-order valence-electron chi connectivity index (χ3n) is 2.38. The van der Waals surface area contributed by atoms with Gasteiger partial charge in [-0.15, -0.1) is 0 Å². The summed E-state index contributed by atoms with van der Waals surface area (Å²) < 4.78 is 0. The van der Waals surface area contributed by atoms with Crippen LogP contribution in [-0.2, 0) is 4.79 Å². The number of carbonyl (C=O) groups is 1. The van der Waals surface area contributed by atoms with Crippen LogP contribution in [0.1, 0.15) is 26.2 Å². The molecule has 66 valence electrons. The van der Waals surface area contributed by atoms with Crippen molar-refractivity contribution in [2.24, 2.45) is 5.92 Å². The summed E-state index contributed by atoms with van der Waals surface area (Å²) in [7, 11) is 0. The normalized spacial score (nSPS) is 23.1. The Hall–Kier alpha value is -1.05. The Balaban J connectivity index is 2.59. The standard InChI is InChI=1S/C10H14O2/c1-7(2)8-3-5-9(6-4-8)10(11)12/h5,8H,1,3-4,6H2,2H3,(H,11,12)/t8-/m0/s1/i10+1. The molecule has 0 amide bonds. The fourth-order valence-electron chi connectivity index (χ4n) is 1.48. The molecule has 1 N–H and O–H groups in total. The van der Waals surface area contributed by atoms with Gasteiger partial charge in [0.2, 0.25) is 0 Å². The van der Waals surface area contributed by atoms with Crippen LogP contribution in [0, 0.1) is 5.92 Å². The van der Waals surface area contributed by atoms with Crippen LogP contribution in [0.3, 0.4) is 0 Å². The fourth-order valence-corrected chi connectivity index (χ4v) is 1.48. The second-order valence-corrected chi connectivity index (χ2v) is 3.35. The number of hydrogen-bond donors (Lipinski definition) is 1. The predicted molar refractivity (Wildman–Crippen MR) is 47.9 cm³/mol. The smallest absolute Gasteiger partial charge is 0.331 e. The average molecular weight is 167 g/mol. The van der Waals surface area contributed by atoms with Crippen LogP contribution in [0.5, 0.6) is 0 Å². The van der Waals surface area contributed by atoms with Crippen LogP contribution in [0.25, 0.3) is 0 Å². The van der Waals surface area contributed by atoms with Crippen LogP contribution < -0.4 is 0 Å². The van der Waals surface area contributed by atoms with Gasteiger partial charge in [0.05, 0.1) is 0 Å². The first kappa shape index (κ1) is 9.04. The SMILES string of the molecule is C=C(C)[C@H]1CC=C([13C](=O)O)CC1. The highest BCUT2D eigenvalue weighted by molar-refractivity contribution is 5.86. The third kappa shape index (κ3) is 1.97. The molecular formula is C10H14O2. The van der Waals surface area contributed by atoms with Crippen molar-refractivity contribution in [3.63, 3.8) is 0 Å². The monoisotopic (exact) mass is 167 g/mol. The molecule has 12 heavy (non-hydrogen) atoms. The van der Waals surface area contributed by atoms with E-state index in [1.54, 1.807) is 0 Å². The average Bonchev–Trinajstić information content (AvgIpc) is 2.04. The van der Waals surface area contributed by atoms with Crippen molar-refractivity contribution in [2.75, 3.05) is 0 Å². The minimum atomic E-state index is -0.768. The summed E-state index contributed by atoms with van der Waals surface area (Å²) in [5.74, 6) is -0.275. The summed E-state index contributed by atoms with van der Waals surface area (Å²) in [6, 6.07) is 0. The molecule has 1 aliphatic rings. The predicted octanol–water partition coefficient (Wildman–Crippen LogP) is 2.37. The lowest BCUT2D eigenvalue weighted by Gasteiger charge is -2.19.